The van der Waals surface area contributed by atoms with Gasteiger partial charge in [-0.1, -0.05) is 25.4 Å². The summed E-state index contributed by atoms with van der Waals surface area (Å²) in [4.78, 5) is 17.5. The summed E-state index contributed by atoms with van der Waals surface area (Å²) in [7, 11) is 0. The second-order valence-electron chi connectivity index (χ2n) is 8.67. The van der Waals surface area contributed by atoms with Crippen molar-refractivity contribution in [2.75, 3.05) is 13.1 Å². The maximum absolute atomic E-state index is 12.3. The molecule has 1 saturated heterocycles. The molecule has 1 amide bonds. The maximum Gasteiger partial charge on any atom is 0.410 e. The van der Waals surface area contributed by atoms with Crippen molar-refractivity contribution in [3.05, 3.63) is 32.9 Å². The van der Waals surface area contributed by atoms with Gasteiger partial charge in [0.05, 0.1) is 4.60 Å². The van der Waals surface area contributed by atoms with Gasteiger partial charge in [0.2, 0.25) is 0 Å². The molecule has 0 bridgehead atoms. The van der Waals surface area contributed by atoms with Crippen molar-refractivity contribution in [3.63, 3.8) is 0 Å². The van der Waals surface area contributed by atoms with Gasteiger partial charge in [-0.15, -0.1) is 0 Å². The van der Waals surface area contributed by atoms with E-state index >= 15 is 0 Å². The first-order chi connectivity index (χ1) is 12.6. The summed E-state index contributed by atoms with van der Waals surface area (Å²) in [6.45, 7) is 11.5. The van der Waals surface area contributed by atoms with Gasteiger partial charge in [-0.3, -0.25) is 0 Å². The van der Waals surface area contributed by atoms with Crippen molar-refractivity contribution in [1.82, 2.24) is 9.88 Å². The van der Waals surface area contributed by atoms with E-state index in [1.165, 1.54) is 16.5 Å². The van der Waals surface area contributed by atoms with Gasteiger partial charge in [0.1, 0.15) is 5.60 Å². The number of carbonyl (C=O) groups excluding carboxylic acids is 1. The lowest BCUT2D eigenvalue weighted by atomic mass is 9.88. The molecule has 2 heterocycles. The summed E-state index contributed by atoms with van der Waals surface area (Å²) in [5, 5.41) is 2.02. The van der Waals surface area contributed by atoms with Gasteiger partial charge in [0, 0.05) is 29.0 Å². The van der Waals surface area contributed by atoms with Crippen molar-refractivity contribution in [3.8, 4) is 0 Å². The quantitative estimate of drug-likeness (QED) is 0.540. The number of aromatic nitrogens is 1. The van der Waals surface area contributed by atoms with Crippen LogP contribution in [-0.4, -0.2) is 34.7 Å². The van der Waals surface area contributed by atoms with Crippen molar-refractivity contribution in [2.24, 2.45) is 0 Å². The van der Waals surface area contributed by atoms with E-state index < -0.39 is 5.60 Å². The van der Waals surface area contributed by atoms with E-state index in [9.17, 15) is 4.79 Å². The summed E-state index contributed by atoms with van der Waals surface area (Å²) in [6, 6.07) is 4.27. The third-order valence-electron chi connectivity index (χ3n) is 5.07. The van der Waals surface area contributed by atoms with Crippen LogP contribution in [0, 0.1) is 0 Å². The zero-order valence-electron chi connectivity index (χ0n) is 16.7. The Labute approximate surface area is 174 Å². The van der Waals surface area contributed by atoms with Gasteiger partial charge in [0.25, 0.3) is 0 Å². The number of benzene rings is 1. The summed E-state index contributed by atoms with van der Waals surface area (Å²) < 4.78 is 6.52. The molecule has 0 radical (unpaired) electrons. The van der Waals surface area contributed by atoms with Crippen LogP contribution in [0.3, 0.4) is 0 Å². The summed E-state index contributed by atoms with van der Waals surface area (Å²) >= 11 is 10.3. The molecule has 3 rings (SSSR count). The van der Waals surface area contributed by atoms with Crippen LogP contribution in [0.25, 0.3) is 10.9 Å². The number of nitrogens with one attached hydrogen (secondary N) is 1. The normalized spacial score (nSPS) is 16.4. The summed E-state index contributed by atoms with van der Waals surface area (Å²) in [5.74, 6) is 0.769. The second-order valence-corrected chi connectivity index (χ2v) is 9.87. The molecule has 2 aromatic rings. The van der Waals surface area contributed by atoms with E-state index in [0.717, 1.165) is 28.0 Å². The predicted octanol–water partition coefficient (Wildman–Crippen LogP) is 6.82. The number of aromatic amines is 1. The number of hydrogen-bond donors (Lipinski definition) is 1. The molecular formula is C21H28BrClN2O2. The Morgan fingerprint density at radius 1 is 1.30 bits per heavy atom. The molecule has 1 aliphatic heterocycles. The monoisotopic (exact) mass is 454 g/mol. The molecule has 4 nitrogen and oxygen atoms in total. The minimum absolute atomic E-state index is 0.223. The fourth-order valence-electron chi connectivity index (χ4n) is 3.80. The molecule has 0 atom stereocenters. The zero-order chi connectivity index (χ0) is 19.9. The topological polar surface area (TPSA) is 45.3 Å². The highest BCUT2D eigenvalue weighted by molar-refractivity contribution is 9.10. The van der Waals surface area contributed by atoms with Crippen molar-refractivity contribution >= 4 is 44.5 Å². The van der Waals surface area contributed by atoms with Crippen LogP contribution < -0.4 is 0 Å². The zero-order valence-corrected chi connectivity index (χ0v) is 19.0. The molecule has 0 spiro atoms. The Bertz CT molecular complexity index is 846. The lowest BCUT2D eigenvalue weighted by Crippen LogP contribution is -2.41. The molecular weight excluding hydrogens is 428 g/mol. The number of H-pyrrole nitrogens is 1. The fraction of sp³-hybridized carbons (Fsp3) is 0.571. The van der Waals surface area contributed by atoms with Crippen LogP contribution in [0.5, 0.6) is 0 Å². The Morgan fingerprint density at radius 3 is 2.48 bits per heavy atom. The van der Waals surface area contributed by atoms with Crippen LogP contribution in [0.2, 0.25) is 5.02 Å². The van der Waals surface area contributed by atoms with Crippen LogP contribution in [0.1, 0.15) is 70.4 Å². The van der Waals surface area contributed by atoms with E-state index in [1.807, 2.05) is 26.8 Å². The maximum atomic E-state index is 12.3. The number of rotatable bonds is 2. The van der Waals surface area contributed by atoms with Crippen molar-refractivity contribution < 1.29 is 9.53 Å². The molecule has 0 unspecified atom stereocenters. The number of piperidine rings is 1. The molecule has 1 aromatic carbocycles. The molecule has 0 aliphatic carbocycles. The molecule has 6 heteroatoms. The average molecular weight is 456 g/mol. The first-order valence-electron chi connectivity index (χ1n) is 9.55. The smallest absolute Gasteiger partial charge is 0.410 e. The standard InChI is InChI=1S/C21H28BrClN2O2/c1-12(2)18-15-10-14(16(23)11-17(15)24-19(18)22)13-6-8-25(9-7-13)20(26)27-21(3,4)5/h10-13,24H,6-9H2,1-5H3. The molecule has 1 N–H and O–H groups in total. The van der Waals surface area contributed by atoms with Gasteiger partial charge < -0.3 is 14.6 Å². The predicted molar refractivity (Wildman–Crippen MR) is 115 cm³/mol. The number of amides is 1. The SMILES string of the molecule is CC(C)c1c(Br)[nH]c2cc(Cl)c(C3CCN(C(=O)OC(C)(C)C)CC3)cc12. The number of hydrogen-bond acceptors (Lipinski definition) is 2. The third kappa shape index (κ3) is 4.45. The van der Waals surface area contributed by atoms with Gasteiger partial charge in [-0.25, -0.2) is 4.79 Å². The van der Waals surface area contributed by atoms with Crippen molar-refractivity contribution in [1.29, 1.82) is 0 Å². The van der Waals surface area contributed by atoms with Crippen LogP contribution in [0.15, 0.2) is 16.7 Å². The van der Waals surface area contributed by atoms with Gasteiger partial charge in [-0.2, -0.15) is 0 Å². The van der Waals surface area contributed by atoms with Crippen LogP contribution in [0.4, 0.5) is 4.79 Å². The largest absolute Gasteiger partial charge is 0.444 e. The highest BCUT2D eigenvalue weighted by atomic mass is 79.9. The van der Waals surface area contributed by atoms with Crippen LogP contribution in [-0.2, 0) is 4.74 Å². The Morgan fingerprint density at radius 2 is 1.93 bits per heavy atom. The summed E-state index contributed by atoms with van der Waals surface area (Å²) in [6.07, 6.45) is 1.57. The van der Waals surface area contributed by atoms with Crippen LogP contribution >= 0.6 is 27.5 Å². The molecule has 27 heavy (non-hydrogen) atoms. The molecule has 148 valence electrons. The fourth-order valence-corrected chi connectivity index (χ4v) is 5.00. The van der Waals surface area contributed by atoms with Gasteiger partial charge in [-0.05, 0) is 84.6 Å². The van der Waals surface area contributed by atoms with E-state index in [4.69, 9.17) is 16.3 Å². The minimum atomic E-state index is -0.461. The average Bonchev–Trinajstić information content (AvgIpc) is 2.87. The first-order valence-corrected chi connectivity index (χ1v) is 10.7. The number of likely N-dealkylation sites (tertiary alicyclic amines) is 1. The number of nitrogens with zero attached hydrogens (tertiary/aromatic N) is 1. The number of carbonyl (C=O) groups is 1. The molecule has 0 saturated carbocycles. The Hall–Kier alpha value is -1.20. The highest BCUT2D eigenvalue weighted by Crippen LogP contribution is 2.39. The van der Waals surface area contributed by atoms with E-state index in [1.54, 1.807) is 4.90 Å². The summed E-state index contributed by atoms with van der Waals surface area (Å²) in [5.41, 5.74) is 3.07. The Kier molecular flexibility index (Phi) is 5.83. The van der Waals surface area contributed by atoms with Crippen molar-refractivity contribution in [2.45, 2.75) is 64.9 Å². The molecule has 1 aromatic heterocycles. The number of halogens is 2. The van der Waals surface area contributed by atoms with E-state index in [2.05, 4.69) is 40.8 Å². The Balaban J connectivity index is 1.80. The van der Waals surface area contributed by atoms with Gasteiger partial charge >= 0.3 is 6.09 Å². The lowest BCUT2D eigenvalue weighted by Gasteiger charge is -2.34. The number of fused-ring (bicyclic) bond motifs is 1. The van der Waals surface area contributed by atoms with E-state index in [0.29, 0.717) is 24.9 Å². The lowest BCUT2D eigenvalue weighted by molar-refractivity contribution is 0.0205. The third-order valence-corrected chi connectivity index (χ3v) is 6.02. The molecule has 1 aliphatic rings. The molecule has 1 fully saturated rings. The second kappa shape index (κ2) is 7.67. The minimum Gasteiger partial charge on any atom is -0.444 e. The van der Waals surface area contributed by atoms with Gasteiger partial charge in [0.15, 0.2) is 0 Å². The van der Waals surface area contributed by atoms with E-state index in [-0.39, 0.29) is 6.09 Å². The number of ether oxygens (including phenoxy) is 1. The highest BCUT2D eigenvalue weighted by Gasteiger charge is 2.29. The first kappa shape index (κ1) is 20.5.